The minimum absolute atomic E-state index is 0.456. The van der Waals surface area contributed by atoms with Crippen molar-refractivity contribution in [1.82, 2.24) is 5.32 Å². The van der Waals surface area contributed by atoms with E-state index in [1.165, 1.54) is 4.88 Å². The summed E-state index contributed by atoms with van der Waals surface area (Å²) in [5, 5.41) is 3.49. The number of hydrogen-bond donors (Lipinski definition) is 1. The first kappa shape index (κ1) is 13.1. The predicted octanol–water partition coefficient (Wildman–Crippen LogP) is 3.03. The molecule has 1 aromatic heterocycles. The number of hydrogen-bond acceptors (Lipinski definition) is 3. The average Bonchev–Trinajstić information content (AvgIpc) is 2.60. The van der Waals surface area contributed by atoms with Crippen LogP contribution in [0.4, 0.5) is 0 Å². The Balaban J connectivity index is 1.88. The Morgan fingerprint density at radius 3 is 2.76 bits per heavy atom. The maximum Gasteiger partial charge on any atom is 0.0587 e. The molecule has 0 spiro atoms. The van der Waals surface area contributed by atoms with E-state index in [-0.39, 0.29) is 0 Å². The largest absolute Gasteiger partial charge is 0.383 e. The first-order valence-electron chi connectivity index (χ1n) is 6.33. The Kier molecular flexibility index (Phi) is 3.91. The molecule has 0 aliphatic heterocycles. The summed E-state index contributed by atoms with van der Waals surface area (Å²) in [5.41, 5.74) is 0.456. The molecule has 1 aromatic rings. The number of ether oxygens (including phenoxy) is 1. The predicted molar refractivity (Wildman–Crippen MR) is 73.8 cm³/mol. The number of aryl methyl sites for hydroxylation is 1. The highest BCUT2D eigenvalue weighted by Crippen LogP contribution is 2.65. The van der Waals surface area contributed by atoms with E-state index in [9.17, 15) is 0 Å². The SMILES string of the molecule is COCCNCC1C(c2ccc(C)s2)C1(C)C. The molecule has 1 N–H and O–H groups in total. The van der Waals surface area contributed by atoms with E-state index in [1.807, 2.05) is 11.3 Å². The van der Waals surface area contributed by atoms with Crippen LogP contribution < -0.4 is 5.32 Å². The van der Waals surface area contributed by atoms with E-state index in [2.05, 4.69) is 38.2 Å². The van der Waals surface area contributed by atoms with Gasteiger partial charge in [-0.25, -0.2) is 0 Å². The molecule has 1 aliphatic carbocycles. The lowest BCUT2D eigenvalue weighted by molar-refractivity contribution is 0.198. The van der Waals surface area contributed by atoms with Crippen molar-refractivity contribution in [1.29, 1.82) is 0 Å². The van der Waals surface area contributed by atoms with Crippen LogP contribution in [0.1, 0.15) is 29.5 Å². The molecule has 1 fully saturated rings. The van der Waals surface area contributed by atoms with Gasteiger partial charge in [-0.1, -0.05) is 13.8 Å². The molecule has 0 radical (unpaired) electrons. The van der Waals surface area contributed by atoms with E-state index in [0.717, 1.165) is 31.5 Å². The summed E-state index contributed by atoms with van der Waals surface area (Å²) < 4.78 is 5.05. The van der Waals surface area contributed by atoms with Crippen molar-refractivity contribution >= 4 is 11.3 Å². The highest BCUT2D eigenvalue weighted by atomic mass is 32.1. The minimum atomic E-state index is 0.456. The van der Waals surface area contributed by atoms with Crippen molar-refractivity contribution in [2.24, 2.45) is 11.3 Å². The molecule has 3 heteroatoms. The average molecular weight is 253 g/mol. The van der Waals surface area contributed by atoms with Crippen molar-refractivity contribution in [2.45, 2.75) is 26.7 Å². The molecule has 0 saturated heterocycles. The third kappa shape index (κ3) is 2.72. The van der Waals surface area contributed by atoms with Crippen LogP contribution in [-0.4, -0.2) is 26.8 Å². The van der Waals surface area contributed by atoms with Crippen molar-refractivity contribution in [2.75, 3.05) is 26.8 Å². The molecule has 2 rings (SSSR count). The van der Waals surface area contributed by atoms with E-state index < -0.39 is 0 Å². The summed E-state index contributed by atoms with van der Waals surface area (Å²) in [6, 6.07) is 4.55. The molecule has 2 unspecified atom stereocenters. The first-order chi connectivity index (χ1) is 8.07. The fraction of sp³-hybridized carbons (Fsp3) is 0.714. The Morgan fingerprint density at radius 2 is 2.18 bits per heavy atom. The van der Waals surface area contributed by atoms with Gasteiger partial charge in [0.05, 0.1) is 6.61 Å². The van der Waals surface area contributed by atoms with E-state index in [4.69, 9.17) is 4.74 Å². The number of methoxy groups -OCH3 is 1. The molecule has 0 aromatic carbocycles. The van der Waals surface area contributed by atoms with Crippen LogP contribution in [0.15, 0.2) is 12.1 Å². The molecule has 17 heavy (non-hydrogen) atoms. The molecule has 2 nitrogen and oxygen atoms in total. The molecule has 1 saturated carbocycles. The smallest absolute Gasteiger partial charge is 0.0587 e. The minimum Gasteiger partial charge on any atom is -0.383 e. The fourth-order valence-electron chi connectivity index (χ4n) is 2.74. The van der Waals surface area contributed by atoms with Crippen molar-refractivity contribution in [3.8, 4) is 0 Å². The van der Waals surface area contributed by atoms with E-state index in [0.29, 0.717) is 5.41 Å². The lowest BCUT2D eigenvalue weighted by atomic mass is 10.1. The molecule has 2 atom stereocenters. The summed E-state index contributed by atoms with van der Waals surface area (Å²) in [5.74, 6) is 1.52. The second-order valence-corrected chi connectivity index (χ2v) is 6.87. The van der Waals surface area contributed by atoms with Crippen molar-refractivity contribution in [3.05, 3.63) is 21.9 Å². The highest BCUT2D eigenvalue weighted by molar-refractivity contribution is 7.12. The fourth-order valence-corrected chi connectivity index (χ4v) is 3.98. The third-order valence-electron chi connectivity index (χ3n) is 3.97. The van der Waals surface area contributed by atoms with E-state index in [1.54, 1.807) is 12.0 Å². The van der Waals surface area contributed by atoms with Crippen LogP contribution in [-0.2, 0) is 4.74 Å². The summed E-state index contributed by atoms with van der Waals surface area (Å²) in [6.07, 6.45) is 0. The van der Waals surface area contributed by atoms with Gasteiger partial charge in [0.15, 0.2) is 0 Å². The van der Waals surface area contributed by atoms with E-state index >= 15 is 0 Å². The van der Waals surface area contributed by atoms with Gasteiger partial charge in [0, 0.05) is 29.3 Å². The van der Waals surface area contributed by atoms with Gasteiger partial charge >= 0.3 is 0 Å². The third-order valence-corrected chi connectivity index (χ3v) is 5.05. The summed E-state index contributed by atoms with van der Waals surface area (Å²) >= 11 is 1.96. The normalized spacial score (nSPS) is 26.1. The van der Waals surface area contributed by atoms with Gasteiger partial charge in [0.25, 0.3) is 0 Å². The Hall–Kier alpha value is -0.380. The van der Waals surface area contributed by atoms with Crippen LogP contribution in [0, 0.1) is 18.3 Å². The highest BCUT2D eigenvalue weighted by Gasteiger charge is 2.58. The van der Waals surface area contributed by atoms with Gasteiger partial charge in [0.1, 0.15) is 0 Å². The van der Waals surface area contributed by atoms with Crippen molar-refractivity contribution in [3.63, 3.8) is 0 Å². The monoisotopic (exact) mass is 253 g/mol. The molecule has 0 bridgehead atoms. The quantitative estimate of drug-likeness (QED) is 0.787. The lowest BCUT2D eigenvalue weighted by Gasteiger charge is -2.04. The van der Waals surface area contributed by atoms with Gasteiger partial charge in [0.2, 0.25) is 0 Å². The van der Waals surface area contributed by atoms with Gasteiger partial charge < -0.3 is 10.1 Å². The standard InChI is InChI=1S/C14H23NOS/c1-10-5-6-12(17-10)13-11(14(13,2)3)9-15-7-8-16-4/h5-6,11,13,15H,7-9H2,1-4H3. The summed E-state index contributed by atoms with van der Waals surface area (Å²) in [6.45, 7) is 9.83. The summed E-state index contributed by atoms with van der Waals surface area (Å²) in [7, 11) is 1.75. The van der Waals surface area contributed by atoms with Crippen LogP contribution >= 0.6 is 11.3 Å². The number of thiophene rings is 1. The maximum absolute atomic E-state index is 5.05. The molecule has 0 amide bonds. The van der Waals surface area contributed by atoms with Crippen LogP contribution in [0.5, 0.6) is 0 Å². The maximum atomic E-state index is 5.05. The van der Waals surface area contributed by atoms with Crippen LogP contribution in [0.3, 0.4) is 0 Å². The Labute approximate surface area is 108 Å². The molecule has 1 heterocycles. The van der Waals surface area contributed by atoms with Crippen molar-refractivity contribution < 1.29 is 4.74 Å². The number of rotatable bonds is 6. The second kappa shape index (κ2) is 5.09. The topological polar surface area (TPSA) is 21.3 Å². The zero-order valence-corrected chi connectivity index (χ0v) is 12.1. The van der Waals surface area contributed by atoms with Gasteiger partial charge in [-0.3, -0.25) is 0 Å². The molecular weight excluding hydrogens is 230 g/mol. The first-order valence-corrected chi connectivity index (χ1v) is 7.15. The van der Waals surface area contributed by atoms with Crippen LogP contribution in [0.2, 0.25) is 0 Å². The lowest BCUT2D eigenvalue weighted by Crippen LogP contribution is -2.22. The van der Waals surface area contributed by atoms with Gasteiger partial charge in [-0.05, 0) is 36.9 Å². The summed E-state index contributed by atoms with van der Waals surface area (Å²) in [4.78, 5) is 2.99. The molecule has 96 valence electrons. The van der Waals surface area contributed by atoms with Gasteiger partial charge in [-0.2, -0.15) is 0 Å². The van der Waals surface area contributed by atoms with Crippen LogP contribution in [0.25, 0.3) is 0 Å². The zero-order valence-electron chi connectivity index (χ0n) is 11.2. The van der Waals surface area contributed by atoms with Gasteiger partial charge in [-0.15, -0.1) is 11.3 Å². The molecular formula is C14H23NOS. The number of nitrogens with one attached hydrogen (secondary N) is 1. The Bertz CT molecular complexity index is 372. The second-order valence-electron chi connectivity index (χ2n) is 5.55. The Morgan fingerprint density at radius 1 is 1.41 bits per heavy atom. The zero-order chi connectivity index (χ0) is 12.5. The molecule has 1 aliphatic rings.